The topological polar surface area (TPSA) is 187 Å². The van der Waals surface area contributed by atoms with Gasteiger partial charge in [0.1, 0.15) is 4.88 Å². The van der Waals surface area contributed by atoms with Crippen LogP contribution in [0.25, 0.3) is 10.6 Å². The molecule has 1 unspecified atom stereocenters. The highest BCUT2D eigenvalue weighted by Gasteiger charge is 2.40. The minimum atomic E-state index is -2.74. The molecular formula is C24H34N4O8S. The Morgan fingerprint density at radius 1 is 1.08 bits per heavy atom. The maximum Gasteiger partial charge on any atom is 0.336 e. The Morgan fingerprint density at radius 3 is 2.32 bits per heavy atom. The number of piperidine rings is 1. The number of aliphatic carboxylic acids is 3. The summed E-state index contributed by atoms with van der Waals surface area (Å²) in [5.41, 5.74) is -0.714. The molecule has 1 aliphatic heterocycles. The smallest absolute Gasteiger partial charge is 0.336 e. The van der Waals surface area contributed by atoms with Crippen molar-refractivity contribution < 1.29 is 39.3 Å². The summed E-state index contributed by atoms with van der Waals surface area (Å²) in [4.78, 5) is 34.2. The standard InChI is InChI=1S/C18H26N4OS.C6H8O7/c1-13-10-16(23-20-13)18-17(19-21-24-18)15-8-5-9-22(12-15)11-14-6-3-2-4-7-14;7-3(8)1-6(13,5(11)12)2-4(9)10/h10,14-15H,2-9,11-12H2,1H3;13H,1-2H2,(H,7,8)(H,9,10)(H,11,12). The molecule has 0 bridgehead atoms. The highest BCUT2D eigenvalue weighted by Crippen LogP contribution is 2.36. The van der Waals surface area contributed by atoms with Gasteiger partial charge in [0.25, 0.3) is 0 Å². The second kappa shape index (κ2) is 13.1. The van der Waals surface area contributed by atoms with Gasteiger partial charge in [0.15, 0.2) is 11.4 Å². The highest BCUT2D eigenvalue weighted by molar-refractivity contribution is 7.09. The second-order valence-corrected chi connectivity index (χ2v) is 10.7. The predicted octanol–water partition coefficient (Wildman–Crippen LogP) is 3.01. The number of hydrogen-bond donors (Lipinski definition) is 4. The van der Waals surface area contributed by atoms with E-state index < -0.39 is 36.4 Å². The quantitative estimate of drug-likeness (QED) is 0.366. The van der Waals surface area contributed by atoms with Crippen LogP contribution in [0.2, 0.25) is 0 Å². The predicted molar refractivity (Wildman–Crippen MR) is 132 cm³/mol. The fourth-order valence-electron chi connectivity index (χ4n) is 5.00. The molecule has 3 heterocycles. The average molecular weight is 539 g/mol. The lowest BCUT2D eigenvalue weighted by molar-refractivity contribution is -0.170. The second-order valence-electron chi connectivity index (χ2n) is 9.90. The molecule has 0 aromatic carbocycles. The molecule has 13 heteroatoms. The zero-order chi connectivity index (χ0) is 27.0. The van der Waals surface area contributed by atoms with Gasteiger partial charge in [0.05, 0.1) is 24.2 Å². The normalized spacial score (nSPS) is 19.1. The number of aryl methyl sites for hydroxylation is 1. The van der Waals surface area contributed by atoms with Gasteiger partial charge in [-0.1, -0.05) is 28.9 Å². The van der Waals surface area contributed by atoms with Crippen molar-refractivity contribution >= 4 is 29.4 Å². The van der Waals surface area contributed by atoms with E-state index in [9.17, 15) is 14.4 Å². The number of carboxylic acids is 3. The minimum absolute atomic E-state index is 0.474. The molecule has 0 amide bonds. The first kappa shape index (κ1) is 28.7. The lowest BCUT2D eigenvalue weighted by Crippen LogP contribution is -2.42. The van der Waals surface area contributed by atoms with E-state index in [-0.39, 0.29) is 0 Å². The molecule has 2 fully saturated rings. The maximum absolute atomic E-state index is 10.3. The monoisotopic (exact) mass is 538 g/mol. The maximum atomic E-state index is 10.3. The van der Waals surface area contributed by atoms with Crippen molar-refractivity contribution in [3.8, 4) is 10.6 Å². The van der Waals surface area contributed by atoms with Crippen LogP contribution >= 0.6 is 11.5 Å². The Kier molecular flexibility index (Phi) is 10.1. The first-order valence-corrected chi connectivity index (χ1v) is 13.2. The molecule has 2 aliphatic rings. The number of carboxylic acid groups (broad SMARTS) is 3. The highest BCUT2D eigenvalue weighted by atomic mass is 32.1. The van der Waals surface area contributed by atoms with Crippen molar-refractivity contribution in [2.24, 2.45) is 5.92 Å². The average Bonchev–Trinajstić information content (AvgIpc) is 3.48. The molecule has 1 atom stereocenters. The molecule has 1 saturated heterocycles. The van der Waals surface area contributed by atoms with Gasteiger partial charge in [0.2, 0.25) is 0 Å². The van der Waals surface area contributed by atoms with E-state index in [4.69, 9.17) is 24.9 Å². The Balaban J connectivity index is 0.000000251. The van der Waals surface area contributed by atoms with E-state index >= 15 is 0 Å². The molecule has 1 saturated carbocycles. The van der Waals surface area contributed by atoms with Crippen LogP contribution in [0.4, 0.5) is 0 Å². The molecule has 4 rings (SSSR count). The van der Waals surface area contributed by atoms with Crippen molar-refractivity contribution in [2.75, 3.05) is 19.6 Å². The summed E-state index contributed by atoms with van der Waals surface area (Å²) in [6.45, 7) is 5.57. The first-order valence-electron chi connectivity index (χ1n) is 12.4. The van der Waals surface area contributed by atoms with E-state index in [2.05, 4.69) is 19.6 Å². The summed E-state index contributed by atoms with van der Waals surface area (Å²) in [6.07, 6.45) is 7.28. The van der Waals surface area contributed by atoms with Gasteiger partial charge in [-0.3, -0.25) is 9.59 Å². The number of nitrogens with zero attached hydrogens (tertiary/aromatic N) is 4. The summed E-state index contributed by atoms with van der Waals surface area (Å²) in [5, 5.41) is 42.3. The van der Waals surface area contributed by atoms with Gasteiger partial charge < -0.3 is 29.8 Å². The van der Waals surface area contributed by atoms with Crippen LogP contribution in [-0.4, -0.2) is 83.2 Å². The van der Waals surface area contributed by atoms with E-state index in [0.717, 1.165) is 34.5 Å². The van der Waals surface area contributed by atoms with Crippen LogP contribution in [0, 0.1) is 12.8 Å². The zero-order valence-electron chi connectivity index (χ0n) is 20.8. The number of likely N-dealkylation sites (tertiary alicyclic amines) is 1. The van der Waals surface area contributed by atoms with Crippen LogP contribution in [0.5, 0.6) is 0 Å². The third-order valence-corrected chi connectivity index (χ3v) is 7.54. The number of rotatable bonds is 9. The summed E-state index contributed by atoms with van der Waals surface area (Å²) < 4.78 is 9.66. The van der Waals surface area contributed by atoms with Crippen molar-refractivity contribution in [3.05, 3.63) is 17.5 Å². The SMILES string of the molecule is Cc1cc(-c2snnc2C2CCCN(CC3CCCCC3)C2)on1.O=C(O)CC(O)(CC(=O)O)C(=O)O. The number of carbonyl (C=O) groups is 3. The van der Waals surface area contributed by atoms with Gasteiger partial charge in [-0.2, -0.15) is 0 Å². The molecule has 4 N–H and O–H groups in total. The number of aromatic nitrogens is 3. The van der Waals surface area contributed by atoms with E-state index in [0.29, 0.717) is 5.92 Å². The van der Waals surface area contributed by atoms with E-state index in [1.807, 2.05) is 13.0 Å². The van der Waals surface area contributed by atoms with Gasteiger partial charge in [0, 0.05) is 25.1 Å². The Hall–Kier alpha value is -2.90. The van der Waals surface area contributed by atoms with Crippen LogP contribution in [-0.2, 0) is 14.4 Å². The summed E-state index contributed by atoms with van der Waals surface area (Å²) >= 11 is 1.43. The van der Waals surface area contributed by atoms with Gasteiger partial charge >= 0.3 is 17.9 Å². The van der Waals surface area contributed by atoms with E-state index in [1.165, 1.54) is 69.6 Å². The Bertz CT molecular complexity index is 1050. The summed E-state index contributed by atoms with van der Waals surface area (Å²) in [5.74, 6) is -2.82. The molecule has 1 aliphatic carbocycles. The fraction of sp³-hybridized carbons (Fsp3) is 0.667. The van der Waals surface area contributed by atoms with Crippen molar-refractivity contribution in [2.45, 2.75) is 76.2 Å². The molecule has 2 aromatic rings. The molecular weight excluding hydrogens is 504 g/mol. The van der Waals surface area contributed by atoms with Crippen molar-refractivity contribution in [1.29, 1.82) is 0 Å². The molecule has 12 nitrogen and oxygen atoms in total. The van der Waals surface area contributed by atoms with Gasteiger partial charge in [-0.15, -0.1) is 5.10 Å². The fourth-order valence-corrected chi connectivity index (χ4v) is 5.70. The third kappa shape index (κ3) is 8.30. The molecule has 37 heavy (non-hydrogen) atoms. The van der Waals surface area contributed by atoms with Crippen molar-refractivity contribution in [3.63, 3.8) is 0 Å². The third-order valence-electron chi connectivity index (χ3n) is 6.78. The number of hydrogen-bond acceptors (Lipinski definition) is 10. The van der Waals surface area contributed by atoms with E-state index in [1.54, 1.807) is 0 Å². The van der Waals surface area contributed by atoms with Crippen molar-refractivity contribution in [1.82, 2.24) is 19.6 Å². The van der Waals surface area contributed by atoms with Crippen LogP contribution in [0.15, 0.2) is 10.6 Å². The van der Waals surface area contributed by atoms with Gasteiger partial charge in [-0.05, 0) is 56.6 Å². The van der Waals surface area contributed by atoms with Crippen LogP contribution in [0.3, 0.4) is 0 Å². The largest absolute Gasteiger partial charge is 0.481 e. The molecule has 0 spiro atoms. The molecule has 204 valence electrons. The Morgan fingerprint density at radius 2 is 1.76 bits per heavy atom. The van der Waals surface area contributed by atoms with Crippen LogP contribution in [0.1, 0.15) is 75.1 Å². The zero-order valence-corrected chi connectivity index (χ0v) is 21.7. The van der Waals surface area contributed by atoms with Crippen LogP contribution < -0.4 is 0 Å². The van der Waals surface area contributed by atoms with Gasteiger partial charge in [-0.25, -0.2) is 4.79 Å². The Labute approximate surface area is 218 Å². The number of aliphatic hydroxyl groups is 1. The molecule has 0 radical (unpaired) electrons. The summed E-state index contributed by atoms with van der Waals surface area (Å²) in [6, 6.07) is 1.99. The first-order chi connectivity index (χ1) is 17.6. The summed E-state index contributed by atoms with van der Waals surface area (Å²) in [7, 11) is 0. The minimum Gasteiger partial charge on any atom is -0.481 e. The lowest BCUT2D eigenvalue weighted by atomic mass is 9.87. The lowest BCUT2D eigenvalue weighted by Gasteiger charge is -2.35. The molecule has 2 aromatic heterocycles.